The lowest BCUT2D eigenvalue weighted by Crippen LogP contribution is -2.63. The first-order chi connectivity index (χ1) is 20.5. The van der Waals surface area contributed by atoms with E-state index in [1.165, 1.54) is 25.0 Å². The van der Waals surface area contributed by atoms with E-state index in [1.807, 2.05) is 41.3 Å². The monoisotopic (exact) mass is 564 g/mol. The van der Waals surface area contributed by atoms with Crippen molar-refractivity contribution in [2.75, 3.05) is 37.7 Å². The van der Waals surface area contributed by atoms with E-state index in [1.54, 1.807) is 6.07 Å². The summed E-state index contributed by atoms with van der Waals surface area (Å²) in [7, 11) is 0. The Hall–Kier alpha value is -4.11. The van der Waals surface area contributed by atoms with Crippen LogP contribution in [0.2, 0.25) is 0 Å². The van der Waals surface area contributed by atoms with E-state index in [4.69, 9.17) is 19.7 Å². The molecule has 6 heterocycles. The molecule has 0 bridgehead atoms. The van der Waals surface area contributed by atoms with E-state index in [2.05, 4.69) is 16.4 Å². The number of amides is 1. The highest BCUT2D eigenvalue weighted by atomic mass is 19.1. The fourth-order valence-corrected chi connectivity index (χ4v) is 7.83. The number of likely N-dealkylation sites (tertiary alicyclic amines) is 1. The fourth-order valence-electron chi connectivity index (χ4n) is 7.83. The first-order valence-corrected chi connectivity index (χ1v) is 15.0. The van der Waals surface area contributed by atoms with Gasteiger partial charge >= 0.3 is 6.01 Å². The zero-order chi connectivity index (χ0) is 28.4. The minimum absolute atomic E-state index is 0.0238. The number of carbonyl (C=O) groups is 1. The maximum atomic E-state index is 15.0. The molecular formula is C33H33FN6O2. The van der Waals surface area contributed by atoms with Gasteiger partial charge in [-0.3, -0.25) is 9.69 Å². The van der Waals surface area contributed by atoms with Crippen LogP contribution in [-0.4, -0.2) is 81.1 Å². The molecule has 214 valence electrons. The normalized spacial score (nSPS) is 22.8. The third kappa shape index (κ3) is 3.90. The predicted octanol–water partition coefficient (Wildman–Crippen LogP) is 4.97. The number of anilines is 1. The standard InChI is InChI=1S/C33H33FN6O2/c1-2-28(41)39-18-13-26-27(39)19-40(26)31-23-11-12-25(22-9-3-7-21-8-4-10-24(34)29(21)22)35-30(23)36-32(37-31)42-20-33-14-5-16-38(33)17-6-15-33/h2-4,7-12,26-27H,1,5-6,13-20H2/t26-,27-/m1/s1. The Kier molecular flexibility index (Phi) is 5.93. The van der Waals surface area contributed by atoms with Crippen molar-refractivity contribution in [2.24, 2.45) is 0 Å². The maximum Gasteiger partial charge on any atom is 0.320 e. The van der Waals surface area contributed by atoms with Crippen molar-refractivity contribution < 1.29 is 13.9 Å². The summed E-state index contributed by atoms with van der Waals surface area (Å²) in [4.78, 5) is 33.9. The number of benzene rings is 2. The topological polar surface area (TPSA) is 74.7 Å². The third-order valence-corrected chi connectivity index (χ3v) is 9.95. The summed E-state index contributed by atoms with van der Waals surface area (Å²) < 4.78 is 21.4. The summed E-state index contributed by atoms with van der Waals surface area (Å²) in [6.07, 6.45) is 6.90. The number of hydrogen-bond donors (Lipinski definition) is 0. The molecule has 0 N–H and O–H groups in total. The highest BCUT2D eigenvalue weighted by Gasteiger charge is 2.49. The van der Waals surface area contributed by atoms with Crippen molar-refractivity contribution in [3.05, 3.63) is 67.0 Å². The molecule has 8 rings (SSSR count). The summed E-state index contributed by atoms with van der Waals surface area (Å²) in [6, 6.07) is 15.4. The van der Waals surface area contributed by atoms with Gasteiger partial charge in [0.05, 0.1) is 28.7 Å². The molecule has 0 radical (unpaired) electrons. The second kappa shape index (κ2) is 9.73. The van der Waals surface area contributed by atoms with Crippen LogP contribution in [0.1, 0.15) is 32.1 Å². The Morgan fingerprint density at radius 1 is 1.02 bits per heavy atom. The van der Waals surface area contributed by atoms with Crippen molar-refractivity contribution in [2.45, 2.75) is 49.7 Å². The minimum atomic E-state index is -0.277. The third-order valence-electron chi connectivity index (χ3n) is 9.95. The average Bonchev–Trinajstić information content (AvgIpc) is 3.68. The first-order valence-electron chi connectivity index (χ1n) is 15.0. The SMILES string of the molecule is C=CC(=O)N1CC[C@@H]2[C@H]1CN2c1nc(OCC23CCCN2CCC3)nc2nc(-c3cccc4cccc(F)c34)ccc12. The highest BCUT2D eigenvalue weighted by molar-refractivity contribution is 5.98. The van der Waals surface area contributed by atoms with Gasteiger partial charge in [0.1, 0.15) is 18.2 Å². The van der Waals surface area contributed by atoms with Gasteiger partial charge in [-0.25, -0.2) is 9.37 Å². The Morgan fingerprint density at radius 2 is 1.83 bits per heavy atom. The zero-order valence-electron chi connectivity index (χ0n) is 23.5. The molecule has 4 saturated heterocycles. The van der Waals surface area contributed by atoms with E-state index in [0.717, 1.165) is 54.5 Å². The summed E-state index contributed by atoms with van der Waals surface area (Å²) >= 11 is 0. The van der Waals surface area contributed by atoms with Crippen LogP contribution in [0, 0.1) is 5.82 Å². The molecular weight excluding hydrogens is 531 g/mol. The Balaban J connectivity index is 1.20. The molecule has 2 aromatic heterocycles. The molecule has 0 saturated carbocycles. The lowest BCUT2D eigenvalue weighted by atomic mass is 9.95. The number of rotatable bonds is 6. The van der Waals surface area contributed by atoms with E-state index in [-0.39, 0.29) is 29.3 Å². The van der Waals surface area contributed by atoms with Crippen molar-refractivity contribution in [1.29, 1.82) is 0 Å². The van der Waals surface area contributed by atoms with Crippen molar-refractivity contribution in [3.8, 4) is 17.3 Å². The minimum Gasteiger partial charge on any atom is -0.461 e. The van der Waals surface area contributed by atoms with Crippen molar-refractivity contribution in [1.82, 2.24) is 24.8 Å². The van der Waals surface area contributed by atoms with E-state index in [9.17, 15) is 4.79 Å². The van der Waals surface area contributed by atoms with Gasteiger partial charge < -0.3 is 14.5 Å². The molecule has 0 spiro atoms. The van der Waals surface area contributed by atoms with Crippen LogP contribution >= 0.6 is 0 Å². The summed E-state index contributed by atoms with van der Waals surface area (Å²) in [5.74, 6) is 0.476. The van der Waals surface area contributed by atoms with Crippen molar-refractivity contribution in [3.63, 3.8) is 0 Å². The van der Waals surface area contributed by atoms with Crippen LogP contribution in [0.3, 0.4) is 0 Å². The Bertz CT molecular complexity index is 1730. The first kappa shape index (κ1) is 25.6. The number of aromatic nitrogens is 3. The molecule has 9 heteroatoms. The maximum absolute atomic E-state index is 15.0. The quantitative estimate of drug-likeness (QED) is 0.306. The second-order valence-corrected chi connectivity index (χ2v) is 12.1. The molecule has 2 aromatic carbocycles. The molecule has 4 fully saturated rings. The van der Waals surface area contributed by atoms with Crippen LogP contribution in [0.25, 0.3) is 33.1 Å². The molecule has 0 unspecified atom stereocenters. The van der Waals surface area contributed by atoms with Crippen LogP contribution in [0.15, 0.2) is 61.2 Å². The molecule has 1 amide bonds. The number of fused-ring (bicyclic) bond motifs is 4. The number of nitrogens with zero attached hydrogens (tertiary/aromatic N) is 6. The van der Waals surface area contributed by atoms with Crippen LogP contribution in [-0.2, 0) is 4.79 Å². The van der Waals surface area contributed by atoms with E-state index in [0.29, 0.717) is 42.4 Å². The Labute approximate surface area is 243 Å². The smallest absolute Gasteiger partial charge is 0.320 e. The molecule has 4 aliphatic rings. The van der Waals surface area contributed by atoms with E-state index >= 15 is 4.39 Å². The number of carbonyl (C=O) groups excluding carboxylic acids is 1. The van der Waals surface area contributed by atoms with Gasteiger partial charge in [0.15, 0.2) is 5.65 Å². The van der Waals surface area contributed by atoms with Gasteiger partial charge in [-0.05, 0) is 74.9 Å². The van der Waals surface area contributed by atoms with Crippen LogP contribution < -0.4 is 9.64 Å². The van der Waals surface area contributed by atoms with E-state index < -0.39 is 0 Å². The summed E-state index contributed by atoms with van der Waals surface area (Å²) in [5, 5.41) is 2.19. The highest BCUT2D eigenvalue weighted by Crippen LogP contribution is 2.41. The van der Waals surface area contributed by atoms with Gasteiger partial charge in [0.25, 0.3) is 0 Å². The van der Waals surface area contributed by atoms with Gasteiger partial charge in [-0.2, -0.15) is 9.97 Å². The van der Waals surface area contributed by atoms with Crippen LogP contribution in [0.5, 0.6) is 6.01 Å². The largest absolute Gasteiger partial charge is 0.461 e. The van der Waals surface area contributed by atoms with Gasteiger partial charge in [0.2, 0.25) is 5.91 Å². The number of ether oxygens (including phenoxy) is 1. The molecule has 4 aliphatic heterocycles. The Morgan fingerprint density at radius 3 is 2.64 bits per heavy atom. The molecule has 8 nitrogen and oxygen atoms in total. The van der Waals surface area contributed by atoms with Gasteiger partial charge in [0, 0.05) is 24.0 Å². The van der Waals surface area contributed by atoms with Gasteiger partial charge in [-0.15, -0.1) is 0 Å². The predicted molar refractivity (Wildman–Crippen MR) is 160 cm³/mol. The number of hydrogen-bond acceptors (Lipinski definition) is 7. The number of halogens is 1. The lowest BCUT2D eigenvalue weighted by molar-refractivity contribution is -0.127. The summed E-state index contributed by atoms with van der Waals surface area (Å²) in [6.45, 7) is 7.86. The fraction of sp³-hybridized carbons (Fsp3) is 0.394. The molecule has 0 aliphatic carbocycles. The summed E-state index contributed by atoms with van der Waals surface area (Å²) in [5.41, 5.74) is 1.95. The molecule has 2 atom stereocenters. The van der Waals surface area contributed by atoms with Gasteiger partial charge in [-0.1, -0.05) is 36.9 Å². The van der Waals surface area contributed by atoms with Crippen LogP contribution in [0.4, 0.5) is 10.2 Å². The van der Waals surface area contributed by atoms with Crippen molar-refractivity contribution >= 4 is 33.5 Å². The second-order valence-electron chi connectivity index (χ2n) is 12.1. The molecule has 42 heavy (non-hydrogen) atoms. The average molecular weight is 565 g/mol. The zero-order valence-corrected chi connectivity index (χ0v) is 23.5. The number of pyridine rings is 1. The lowest BCUT2D eigenvalue weighted by Gasteiger charge is -2.47. The molecule has 4 aromatic rings.